The van der Waals surface area contributed by atoms with Gasteiger partial charge < -0.3 is 10.4 Å². The lowest BCUT2D eigenvalue weighted by atomic mass is 10.2. The molecule has 0 aliphatic carbocycles. The summed E-state index contributed by atoms with van der Waals surface area (Å²) in [6.07, 6.45) is -2.26. The predicted molar refractivity (Wildman–Crippen MR) is 74.0 cm³/mol. The molecule has 1 atom stereocenters. The molecule has 0 saturated heterocycles. The van der Waals surface area contributed by atoms with Crippen LogP contribution in [-0.2, 0) is 11.0 Å². The summed E-state index contributed by atoms with van der Waals surface area (Å²) in [6, 6.07) is 3.32. The number of anilines is 1. The smallest absolute Gasteiger partial charge is 0.416 e. The molecular weight excluding hydrogens is 315 g/mol. The van der Waals surface area contributed by atoms with Crippen molar-refractivity contribution in [1.82, 2.24) is 9.78 Å². The molecule has 2 rings (SSSR count). The van der Waals surface area contributed by atoms with E-state index in [4.69, 9.17) is 5.11 Å². The highest BCUT2D eigenvalue weighted by Gasteiger charge is 2.30. The SMILES string of the molecule is CC(C(=O)Nc1cccc(C(F)(F)F)c1)n1cc(C(=O)O)cn1. The van der Waals surface area contributed by atoms with Crippen LogP contribution in [-0.4, -0.2) is 26.8 Å². The topological polar surface area (TPSA) is 84.2 Å². The van der Waals surface area contributed by atoms with E-state index in [9.17, 15) is 22.8 Å². The summed E-state index contributed by atoms with van der Waals surface area (Å²) < 4.78 is 39.0. The van der Waals surface area contributed by atoms with Crippen LogP contribution in [0.25, 0.3) is 0 Å². The fraction of sp³-hybridized carbons (Fsp3) is 0.214. The fourth-order valence-corrected chi connectivity index (χ4v) is 1.80. The van der Waals surface area contributed by atoms with Gasteiger partial charge in [-0.05, 0) is 25.1 Å². The average Bonchev–Trinajstić information content (AvgIpc) is 2.95. The van der Waals surface area contributed by atoms with Gasteiger partial charge in [0, 0.05) is 11.9 Å². The van der Waals surface area contributed by atoms with Crippen LogP contribution in [0, 0.1) is 0 Å². The van der Waals surface area contributed by atoms with E-state index in [0.29, 0.717) is 0 Å². The van der Waals surface area contributed by atoms with Crippen LogP contribution in [0.2, 0.25) is 0 Å². The maximum atomic E-state index is 12.6. The summed E-state index contributed by atoms with van der Waals surface area (Å²) in [6.45, 7) is 1.45. The van der Waals surface area contributed by atoms with Crippen molar-refractivity contribution in [2.24, 2.45) is 0 Å². The lowest BCUT2D eigenvalue weighted by molar-refractivity contribution is -0.137. The Kier molecular flexibility index (Phi) is 4.39. The van der Waals surface area contributed by atoms with Crippen molar-refractivity contribution in [2.75, 3.05) is 5.32 Å². The molecule has 23 heavy (non-hydrogen) atoms. The Balaban J connectivity index is 2.13. The summed E-state index contributed by atoms with van der Waals surface area (Å²) >= 11 is 0. The zero-order valence-corrected chi connectivity index (χ0v) is 11.8. The van der Waals surface area contributed by atoms with Crippen LogP contribution in [0.5, 0.6) is 0 Å². The number of carbonyl (C=O) groups excluding carboxylic acids is 1. The molecule has 6 nitrogen and oxygen atoms in total. The molecule has 1 amide bonds. The number of nitrogens with one attached hydrogen (secondary N) is 1. The first-order chi connectivity index (χ1) is 10.7. The molecule has 1 heterocycles. The Bertz CT molecular complexity index is 740. The van der Waals surface area contributed by atoms with E-state index in [1.165, 1.54) is 25.3 Å². The van der Waals surface area contributed by atoms with Crippen LogP contribution in [0.3, 0.4) is 0 Å². The molecule has 0 saturated carbocycles. The average molecular weight is 327 g/mol. The first-order valence-electron chi connectivity index (χ1n) is 6.44. The van der Waals surface area contributed by atoms with Gasteiger partial charge in [0.25, 0.3) is 0 Å². The number of aromatic carboxylic acids is 1. The molecule has 1 aromatic heterocycles. The standard InChI is InChI=1S/C14H12F3N3O3/c1-8(20-7-9(6-18-20)13(22)23)12(21)19-11-4-2-3-10(5-11)14(15,16)17/h2-8H,1H3,(H,19,21)(H,22,23). The molecule has 0 spiro atoms. The van der Waals surface area contributed by atoms with E-state index >= 15 is 0 Å². The molecule has 2 aromatic rings. The summed E-state index contributed by atoms with van der Waals surface area (Å²) in [5, 5.41) is 14.9. The van der Waals surface area contributed by atoms with Gasteiger partial charge in [-0.2, -0.15) is 18.3 Å². The van der Waals surface area contributed by atoms with Crippen LogP contribution in [0.1, 0.15) is 28.9 Å². The molecule has 1 unspecified atom stereocenters. The van der Waals surface area contributed by atoms with E-state index in [2.05, 4.69) is 10.4 Å². The van der Waals surface area contributed by atoms with Gasteiger partial charge in [0.05, 0.1) is 17.3 Å². The second-order valence-corrected chi connectivity index (χ2v) is 4.76. The summed E-state index contributed by atoms with van der Waals surface area (Å²) in [5.41, 5.74) is -0.985. The van der Waals surface area contributed by atoms with Crippen molar-refractivity contribution >= 4 is 17.6 Å². The first-order valence-corrected chi connectivity index (χ1v) is 6.44. The van der Waals surface area contributed by atoms with E-state index in [-0.39, 0.29) is 11.3 Å². The minimum Gasteiger partial charge on any atom is -0.478 e. The molecule has 0 fully saturated rings. The molecule has 122 valence electrons. The number of rotatable bonds is 4. The molecule has 9 heteroatoms. The largest absolute Gasteiger partial charge is 0.478 e. The zero-order valence-electron chi connectivity index (χ0n) is 11.8. The summed E-state index contributed by atoms with van der Waals surface area (Å²) in [5.74, 6) is -1.81. The lowest BCUT2D eigenvalue weighted by Crippen LogP contribution is -2.24. The molecule has 0 radical (unpaired) electrons. The molecule has 2 N–H and O–H groups in total. The van der Waals surface area contributed by atoms with Crippen molar-refractivity contribution in [3.63, 3.8) is 0 Å². The van der Waals surface area contributed by atoms with Crippen molar-refractivity contribution in [2.45, 2.75) is 19.1 Å². The minimum absolute atomic E-state index is 0.0118. The van der Waals surface area contributed by atoms with Crippen LogP contribution < -0.4 is 5.32 Å². The second-order valence-electron chi connectivity index (χ2n) is 4.76. The third-order valence-corrected chi connectivity index (χ3v) is 3.08. The van der Waals surface area contributed by atoms with Gasteiger partial charge >= 0.3 is 12.1 Å². The quantitative estimate of drug-likeness (QED) is 0.904. The van der Waals surface area contributed by atoms with Gasteiger partial charge in [-0.1, -0.05) is 6.07 Å². The van der Waals surface area contributed by atoms with Gasteiger partial charge in [-0.15, -0.1) is 0 Å². The Morgan fingerprint density at radius 2 is 2.04 bits per heavy atom. The molecular formula is C14H12F3N3O3. The zero-order chi connectivity index (χ0) is 17.2. The number of amides is 1. The van der Waals surface area contributed by atoms with Crippen molar-refractivity contribution in [3.8, 4) is 0 Å². The lowest BCUT2D eigenvalue weighted by Gasteiger charge is -2.14. The Hall–Kier alpha value is -2.84. The second kappa shape index (κ2) is 6.11. The van der Waals surface area contributed by atoms with Crippen LogP contribution in [0.4, 0.5) is 18.9 Å². The van der Waals surface area contributed by atoms with Crippen molar-refractivity contribution in [3.05, 3.63) is 47.8 Å². The number of hydrogen-bond donors (Lipinski definition) is 2. The predicted octanol–water partition coefficient (Wildman–Crippen LogP) is 2.80. The number of nitrogens with zero attached hydrogens (tertiary/aromatic N) is 2. The normalized spacial score (nSPS) is 12.7. The van der Waals surface area contributed by atoms with E-state index in [0.717, 1.165) is 23.0 Å². The monoisotopic (exact) mass is 327 g/mol. The Labute approximate surface area is 128 Å². The molecule has 0 aliphatic heterocycles. The van der Waals surface area contributed by atoms with E-state index in [1.807, 2.05) is 0 Å². The fourth-order valence-electron chi connectivity index (χ4n) is 1.80. The molecule has 0 aliphatic rings. The Morgan fingerprint density at radius 1 is 1.35 bits per heavy atom. The number of benzene rings is 1. The highest BCUT2D eigenvalue weighted by Crippen LogP contribution is 2.30. The van der Waals surface area contributed by atoms with Gasteiger partial charge in [-0.25, -0.2) is 4.79 Å². The van der Waals surface area contributed by atoms with Gasteiger partial charge in [0.2, 0.25) is 5.91 Å². The number of carboxylic acid groups (broad SMARTS) is 1. The Morgan fingerprint density at radius 3 is 2.61 bits per heavy atom. The van der Waals surface area contributed by atoms with Crippen LogP contribution in [0.15, 0.2) is 36.7 Å². The molecule has 0 bridgehead atoms. The van der Waals surface area contributed by atoms with E-state index < -0.39 is 29.7 Å². The highest BCUT2D eigenvalue weighted by atomic mass is 19.4. The minimum atomic E-state index is -4.51. The van der Waals surface area contributed by atoms with Gasteiger partial charge in [0.15, 0.2) is 0 Å². The number of alkyl halides is 3. The van der Waals surface area contributed by atoms with Crippen LogP contribution >= 0.6 is 0 Å². The maximum absolute atomic E-state index is 12.6. The summed E-state index contributed by atoms with van der Waals surface area (Å²) in [4.78, 5) is 22.8. The summed E-state index contributed by atoms with van der Waals surface area (Å²) in [7, 11) is 0. The highest BCUT2D eigenvalue weighted by molar-refractivity contribution is 5.93. The number of aromatic nitrogens is 2. The third-order valence-electron chi connectivity index (χ3n) is 3.08. The third kappa shape index (κ3) is 3.87. The number of halogens is 3. The van der Waals surface area contributed by atoms with Gasteiger partial charge in [0.1, 0.15) is 6.04 Å². The maximum Gasteiger partial charge on any atom is 0.416 e. The molecule has 1 aromatic carbocycles. The van der Waals surface area contributed by atoms with E-state index in [1.54, 1.807) is 0 Å². The number of carboxylic acids is 1. The van der Waals surface area contributed by atoms with Crippen molar-refractivity contribution < 1.29 is 27.9 Å². The first kappa shape index (κ1) is 16.5. The number of carbonyl (C=O) groups is 2. The van der Waals surface area contributed by atoms with Gasteiger partial charge in [-0.3, -0.25) is 9.48 Å². The van der Waals surface area contributed by atoms with Crippen molar-refractivity contribution in [1.29, 1.82) is 0 Å². The number of hydrogen-bond acceptors (Lipinski definition) is 3.